The van der Waals surface area contributed by atoms with Crippen molar-refractivity contribution in [3.8, 4) is 0 Å². The first-order valence-electron chi connectivity index (χ1n) is 8.14. The van der Waals surface area contributed by atoms with Crippen LogP contribution >= 0.6 is 0 Å². The Balaban J connectivity index is 4.60. The lowest BCUT2D eigenvalue weighted by Gasteiger charge is -2.22. The van der Waals surface area contributed by atoms with Gasteiger partial charge in [0.2, 0.25) is 17.7 Å². The molecule has 0 spiro atoms. The van der Waals surface area contributed by atoms with Crippen molar-refractivity contribution in [2.45, 2.75) is 78.3 Å². The minimum absolute atomic E-state index is 0.249. The van der Waals surface area contributed by atoms with Crippen molar-refractivity contribution in [2.75, 3.05) is 0 Å². The van der Waals surface area contributed by atoms with E-state index in [1.54, 1.807) is 0 Å². The van der Waals surface area contributed by atoms with Crippen LogP contribution in [0.1, 0.15) is 66.2 Å². The van der Waals surface area contributed by atoms with Gasteiger partial charge < -0.3 is 16.4 Å². The van der Waals surface area contributed by atoms with Crippen molar-refractivity contribution in [1.82, 2.24) is 10.6 Å². The average Bonchev–Trinajstić information content (AvgIpc) is 2.39. The maximum Gasteiger partial charge on any atom is 0.243 e. The molecule has 0 saturated heterocycles. The molecule has 0 fully saturated rings. The Kier molecular flexibility index (Phi) is 10.2. The van der Waals surface area contributed by atoms with Crippen LogP contribution in [-0.4, -0.2) is 29.8 Å². The minimum atomic E-state index is -0.673. The molecule has 0 aliphatic carbocycles. The Morgan fingerprint density at radius 1 is 1.00 bits per heavy atom. The van der Waals surface area contributed by atoms with E-state index >= 15 is 0 Å². The van der Waals surface area contributed by atoms with E-state index in [2.05, 4.69) is 17.6 Å². The zero-order chi connectivity index (χ0) is 17.1. The van der Waals surface area contributed by atoms with Gasteiger partial charge in [-0.2, -0.15) is 0 Å². The van der Waals surface area contributed by atoms with Gasteiger partial charge in [-0.1, -0.05) is 46.5 Å². The van der Waals surface area contributed by atoms with Crippen LogP contribution in [-0.2, 0) is 14.4 Å². The molecule has 0 bridgehead atoms. The van der Waals surface area contributed by atoms with E-state index in [4.69, 9.17) is 5.73 Å². The zero-order valence-corrected chi connectivity index (χ0v) is 14.3. The van der Waals surface area contributed by atoms with Crippen LogP contribution in [0.3, 0.4) is 0 Å². The lowest BCUT2D eigenvalue weighted by Crippen LogP contribution is -2.53. The van der Waals surface area contributed by atoms with Crippen LogP contribution in [0.4, 0.5) is 0 Å². The minimum Gasteiger partial charge on any atom is -0.368 e. The molecule has 6 nitrogen and oxygen atoms in total. The van der Waals surface area contributed by atoms with Gasteiger partial charge in [0.25, 0.3) is 0 Å². The highest BCUT2D eigenvalue weighted by molar-refractivity contribution is 5.91. The number of rotatable bonds is 11. The number of carbonyl (C=O) groups is 3. The van der Waals surface area contributed by atoms with E-state index in [1.807, 2.05) is 13.8 Å². The molecule has 0 aliphatic rings. The fraction of sp³-hybridized carbons (Fsp3) is 0.812. The van der Waals surface area contributed by atoms with E-state index in [9.17, 15) is 14.4 Å². The van der Waals surface area contributed by atoms with Crippen molar-refractivity contribution in [3.05, 3.63) is 0 Å². The highest BCUT2D eigenvalue weighted by Crippen LogP contribution is 2.08. The molecule has 0 saturated carbocycles. The molecule has 6 heteroatoms. The Bertz CT molecular complexity index is 370. The summed E-state index contributed by atoms with van der Waals surface area (Å²) in [6.07, 6.45) is 5.12. The Hall–Kier alpha value is -1.59. The third-order valence-electron chi connectivity index (χ3n) is 3.41. The third kappa shape index (κ3) is 9.37. The van der Waals surface area contributed by atoms with Crippen LogP contribution in [0.25, 0.3) is 0 Å². The standard InChI is InChI=1S/C16H31N3O3/c1-5-6-7-8-9-13(15(17)21)19-16(22)14(10-11(2)3)18-12(4)20/h11,13-14H,5-10H2,1-4H3,(H2,17,21)(H,18,20)(H,19,22)/t13-,14+/m1/s1. The quantitative estimate of drug-likeness (QED) is 0.503. The van der Waals surface area contributed by atoms with Crippen LogP contribution in [0.15, 0.2) is 0 Å². The molecule has 0 radical (unpaired) electrons. The molecule has 22 heavy (non-hydrogen) atoms. The summed E-state index contributed by atoms with van der Waals surface area (Å²) in [6.45, 7) is 7.42. The molecule has 0 aromatic rings. The first-order chi connectivity index (χ1) is 10.3. The monoisotopic (exact) mass is 313 g/mol. The fourth-order valence-electron chi connectivity index (χ4n) is 2.28. The van der Waals surface area contributed by atoms with Crippen LogP contribution in [0.5, 0.6) is 0 Å². The summed E-state index contributed by atoms with van der Waals surface area (Å²) in [6, 6.07) is -1.30. The topological polar surface area (TPSA) is 101 Å². The predicted octanol–water partition coefficient (Wildman–Crippen LogP) is 1.48. The Morgan fingerprint density at radius 3 is 2.09 bits per heavy atom. The second-order valence-electron chi connectivity index (χ2n) is 6.20. The number of nitrogens with two attached hydrogens (primary N) is 1. The van der Waals surface area contributed by atoms with Crippen LogP contribution in [0.2, 0.25) is 0 Å². The van der Waals surface area contributed by atoms with Gasteiger partial charge in [-0.3, -0.25) is 14.4 Å². The highest BCUT2D eigenvalue weighted by atomic mass is 16.2. The molecule has 0 aliphatic heterocycles. The second kappa shape index (κ2) is 11.0. The normalized spacial score (nSPS) is 13.5. The largest absolute Gasteiger partial charge is 0.368 e. The molecule has 0 aromatic carbocycles. The summed E-state index contributed by atoms with van der Waals surface area (Å²) >= 11 is 0. The van der Waals surface area contributed by atoms with Crippen LogP contribution in [0, 0.1) is 5.92 Å². The second-order valence-corrected chi connectivity index (χ2v) is 6.20. The summed E-state index contributed by atoms with van der Waals surface area (Å²) in [7, 11) is 0. The molecule has 2 atom stereocenters. The summed E-state index contributed by atoms with van der Waals surface area (Å²) in [4.78, 5) is 35.0. The first kappa shape index (κ1) is 20.4. The van der Waals surface area contributed by atoms with Crippen molar-refractivity contribution in [1.29, 1.82) is 0 Å². The molecular formula is C16H31N3O3. The van der Waals surface area contributed by atoms with Crippen molar-refractivity contribution in [2.24, 2.45) is 11.7 Å². The van der Waals surface area contributed by atoms with E-state index < -0.39 is 18.0 Å². The van der Waals surface area contributed by atoms with Gasteiger partial charge in [-0.05, 0) is 18.8 Å². The van der Waals surface area contributed by atoms with Crippen LogP contribution < -0.4 is 16.4 Å². The van der Waals surface area contributed by atoms with E-state index in [0.29, 0.717) is 12.8 Å². The lowest BCUT2D eigenvalue weighted by molar-refractivity contribution is -0.131. The molecule has 0 unspecified atom stereocenters. The number of hydrogen-bond donors (Lipinski definition) is 3. The fourth-order valence-corrected chi connectivity index (χ4v) is 2.28. The molecule has 0 aromatic heterocycles. The van der Waals surface area contributed by atoms with Crippen molar-refractivity contribution in [3.63, 3.8) is 0 Å². The number of carbonyl (C=O) groups excluding carboxylic acids is 3. The summed E-state index contributed by atoms with van der Waals surface area (Å²) < 4.78 is 0. The van der Waals surface area contributed by atoms with Crippen molar-refractivity contribution >= 4 is 17.7 Å². The molecule has 128 valence electrons. The maximum atomic E-state index is 12.3. The van der Waals surface area contributed by atoms with Gasteiger partial charge in [-0.25, -0.2) is 0 Å². The maximum absolute atomic E-state index is 12.3. The number of unbranched alkanes of at least 4 members (excludes halogenated alkanes) is 3. The molecule has 4 N–H and O–H groups in total. The lowest BCUT2D eigenvalue weighted by atomic mass is 10.0. The van der Waals surface area contributed by atoms with Gasteiger partial charge in [0, 0.05) is 6.92 Å². The summed E-state index contributed by atoms with van der Waals surface area (Å²) in [5.74, 6) is -0.891. The molecule has 0 rings (SSSR count). The predicted molar refractivity (Wildman–Crippen MR) is 86.9 cm³/mol. The van der Waals surface area contributed by atoms with Gasteiger partial charge >= 0.3 is 0 Å². The molecule has 0 heterocycles. The highest BCUT2D eigenvalue weighted by Gasteiger charge is 2.25. The molecular weight excluding hydrogens is 282 g/mol. The van der Waals surface area contributed by atoms with E-state index in [-0.39, 0.29) is 17.7 Å². The number of primary amides is 1. The summed E-state index contributed by atoms with van der Waals surface area (Å²) in [5, 5.41) is 5.30. The van der Waals surface area contributed by atoms with Gasteiger partial charge in [-0.15, -0.1) is 0 Å². The number of hydrogen-bond acceptors (Lipinski definition) is 3. The van der Waals surface area contributed by atoms with Gasteiger partial charge in [0.15, 0.2) is 0 Å². The van der Waals surface area contributed by atoms with Crippen molar-refractivity contribution < 1.29 is 14.4 Å². The Labute approximate surface area is 133 Å². The van der Waals surface area contributed by atoms with Gasteiger partial charge in [0.1, 0.15) is 12.1 Å². The first-order valence-corrected chi connectivity index (χ1v) is 8.14. The number of amides is 3. The summed E-state index contributed by atoms with van der Waals surface area (Å²) in [5.41, 5.74) is 5.36. The Morgan fingerprint density at radius 2 is 1.64 bits per heavy atom. The molecule has 3 amide bonds. The van der Waals surface area contributed by atoms with Gasteiger partial charge in [0.05, 0.1) is 0 Å². The smallest absolute Gasteiger partial charge is 0.243 e. The zero-order valence-electron chi connectivity index (χ0n) is 14.3. The third-order valence-corrected chi connectivity index (χ3v) is 3.41. The average molecular weight is 313 g/mol. The van der Waals surface area contributed by atoms with E-state index in [1.165, 1.54) is 6.92 Å². The van der Waals surface area contributed by atoms with E-state index in [0.717, 1.165) is 25.7 Å². The number of nitrogens with one attached hydrogen (secondary N) is 2. The SMILES string of the molecule is CCCCCC[C@@H](NC(=O)[C@H](CC(C)C)NC(C)=O)C(N)=O.